The fourth-order valence-electron chi connectivity index (χ4n) is 6.55. The number of rotatable bonds is 3. The molecule has 3 heterocycles. The number of piperidine rings is 1. The second kappa shape index (κ2) is 11.8. The lowest BCUT2D eigenvalue weighted by atomic mass is 9.73. The molecule has 4 aromatic rings. The van der Waals surface area contributed by atoms with E-state index in [2.05, 4.69) is 28.1 Å². The Morgan fingerprint density at radius 3 is 2.62 bits per heavy atom. The van der Waals surface area contributed by atoms with Gasteiger partial charge in [-0.1, -0.05) is 42.8 Å². The molecule has 1 N–H and O–H groups in total. The van der Waals surface area contributed by atoms with Crippen LogP contribution in [0.1, 0.15) is 53.6 Å². The Morgan fingerprint density at radius 2 is 1.75 bits per heavy atom. The van der Waals surface area contributed by atoms with Crippen LogP contribution in [0.15, 0.2) is 79.0 Å². The molecule has 2 aliphatic heterocycles. The first-order valence-electron chi connectivity index (χ1n) is 14.6. The Labute approximate surface area is 235 Å². The summed E-state index contributed by atoms with van der Waals surface area (Å²) in [5.41, 5.74) is 3.86. The zero-order valence-electron chi connectivity index (χ0n) is 23.1. The van der Waals surface area contributed by atoms with Gasteiger partial charge in [0, 0.05) is 61.0 Å². The highest BCUT2D eigenvalue weighted by atomic mass is 19.1. The lowest BCUT2D eigenvalue weighted by Crippen LogP contribution is -2.48. The van der Waals surface area contributed by atoms with Crippen LogP contribution in [-0.2, 0) is 13.0 Å². The van der Waals surface area contributed by atoms with Crippen LogP contribution < -0.4 is 4.74 Å². The van der Waals surface area contributed by atoms with Crippen molar-refractivity contribution in [3.63, 3.8) is 0 Å². The number of halogens is 1. The van der Waals surface area contributed by atoms with Gasteiger partial charge in [-0.3, -0.25) is 9.69 Å². The monoisotopic (exact) mass is 539 g/mol. The molecule has 1 spiro atoms. The number of aromatic nitrogens is 1. The van der Waals surface area contributed by atoms with E-state index in [0.717, 1.165) is 92.5 Å². The van der Waals surface area contributed by atoms with Gasteiger partial charge in [-0.2, -0.15) is 0 Å². The second-order valence-corrected chi connectivity index (χ2v) is 11.5. The summed E-state index contributed by atoms with van der Waals surface area (Å²) in [6.45, 7) is 4.22. The van der Waals surface area contributed by atoms with Crippen molar-refractivity contribution in [1.82, 2.24) is 14.8 Å². The van der Waals surface area contributed by atoms with Gasteiger partial charge in [0.15, 0.2) is 0 Å². The number of hydrogen-bond acceptors (Lipinski definition) is 3. The van der Waals surface area contributed by atoms with E-state index in [1.165, 1.54) is 5.56 Å². The fraction of sp³-hybridized carbons (Fsp3) is 0.382. The van der Waals surface area contributed by atoms with Gasteiger partial charge >= 0.3 is 0 Å². The Balaban J connectivity index is 1.20. The van der Waals surface area contributed by atoms with E-state index in [1.54, 1.807) is 12.1 Å². The Bertz CT molecular complexity index is 1460. The van der Waals surface area contributed by atoms with E-state index in [4.69, 9.17) is 4.74 Å². The predicted molar refractivity (Wildman–Crippen MR) is 157 cm³/mol. The average molecular weight is 540 g/mol. The Morgan fingerprint density at radius 1 is 0.925 bits per heavy atom. The maximum Gasteiger partial charge on any atom is 0.253 e. The van der Waals surface area contributed by atoms with Crippen LogP contribution in [0, 0.1) is 11.2 Å². The highest BCUT2D eigenvalue weighted by molar-refractivity contribution is 5.98. The molecule has 6 heteroatoms. The number of carbonyl (C=O) groups is 1. The normalized spacial score (nSPS) is 18.5. The highest BCUT2D eigenvalue weighted by Gasteiger charge is 2.37. The SMILES string of the molecule is O=C(c1ccc2[nH]ccc2c1)N1CCC2(CCCCc3ccccc3OCCN(Cc3ccccc3F)C2)CC1. The van der Waals surface area contributed by atoms with E-state index in [0.29, 0.717) is 13.2 Å². The molecule has 0 bridgehead atoms. The van der Waals surface area contributed by atoms with Gasteiger partial charge in [-0.05, 0) is 79.5 Å². The van der Waals surface area contributed by atoms with Crippen molar-refractivity contribution >= 4 is 16.8 Å². The molecule has 208 valence electrons. The molecule has 3 aromatic carbocycles. The van der Waals surface area contributed by atoms with Gasteiger partial charge in [0.2, 0.25) is 0 Å². The number of fused-ring (bicyclic) bond motifs is 2. The lowest BCUT2D eigenvalue weighted by Gasteiger charge is -2.45. The van der Waals surface area contributed by atoms with Crippen molar-refractivity contribution in [2.45, 2.75) is 45.1 Å². The van der Waals surface area contributed by atoms with Gasteiger partial charge in [0.25, 0.3) is 5.91 Å². The number of benzene rings is 3. The minimum absolute atomic E-state index is 0.0886. The van der Waals surface area contributed by atoms with Crippen LogP contribution >= 0.6 is 0 Å². The van der Waals surface area contributed by atoms with Gasteiger partial charge in [-0.25, -0.2) is 4.39 Å². The molecule has 1 fully saturated rings. The summed E-state index contributed by atoms with van der Waals surface area (Å²) >= 11 is 0. The molecule has 0 aliphatic carbocycles. The van der Waals surface area contributed by atoms with E-state index < -0.39 is 0 Å². The summed E-state index contributed by atoms with van der Waals surface area (Å²) in [6, 6.07) is 23.3. The Kier molecular flexibility index (Phi) is 7.87. The summed E-state index contributed by atoms with van der Waals surface area (Å²) in [6.07, 6.45) is 8.17. The van der Waals surface area contributed by atoms with Crippen molar-refractivity contribution in [2.24, 2.45) is 5.41 Å². The zero-order chi connectivity index (χ0) is 27.4. The number of aromatic amines is 1. The van der Waals surface area contributed by atoms with E-state index in [1.807, 2.05) is 53.6 Å². The number of ether oxygens (including phenoxy) is 1. The van der Waals surface area contributed by atoms with Crippen LogP contribution in [-0.4, -0.2) is 53.5 Å². The van der Waals surface area contributed by atoms with E-state index >= 15 is 0 Å². The zero-order valence-corrected chi connectivity index (χ0v) is 23.1. The van der Waals surface area contributed by atoms with Crippen LogP contribution in [0.5, 0.6) is 5.75 Å². The number of para-hydroxylation sites is 1. The molecule has 0 atom stereocenters. The molecule has 0 radical (unpaired) electrons. The van der Waals surface area contributed by atoms with Crippen LogP contribution in [0.25, 0.3) is 10.9 Å². The minimum atomic E-state index is -0.159. The quantitative estimate of drug-likeness (QED) is 0.310. The number of hydrogen-bond donors (Lipinski definition) is 1. The number of likely N-dealkylation sites (tertiary alicyclic amines) is 1. The first-order valence-corrected chi connectivity index (χ1v) is 14.6. The second-order valence-electron chi connectivity index (χ2n) is 11.5. The standard InChI is InChI=1S/C34H38FN3O2/c35-30-10-3-1-9-29(30)24-37-21-22-40-32-11-4-2-7-26(32)8-5-6-15-34(25-37)16-19-38(20-17-34)33(39)28-12-13-31-27(23-28)14-18-36-31/h1-4,7,9-14,18,23,36H,5-6,8,15-17,19-22,24-25H2. The van der Waals surface area contributed by atoms with Crippen molar-refractivity contribution in [3.8, 4) is 5.75 Å². The molecule has 1 saturated heterocycles. The average Bonchev–Trinajstić information content (AvgIpc) is 3.45. The third kappa shape index (κ3) is 5.92. The molecule has 5 nitrogen and oxygen atoms in total. The molecular weight excluding hydrogens is 501 g/mol. The fourth-order valence-corrected chi connectivity index (χ4v) is 6.55. The minimum Gasteiger partial charge on any atom is -0.492 e. The summed E-state index contributed by atoms with van der Waals surface area (Å²) in [4.78, 5) is 21.1. The summed E-state index contributed by atoms with van der Waals surface area (Å²) in [5.74, 6) is 0.918. The van der Waals surface area contributed by atoms with Crippen LogP contribution in [0.3, 0.4) is 0 Å². The topological polar surface area (TPSA) is 48.6 Å². The number of carbonyl (C=O) groups excluding carboxylic acids is 1. The molecular formula is C34H38FN3O2. The van der Waals surface area contributed by atoms with Gasteiger partial charge in [0.05, 0.1) is 0 Å². The third-order valence-corrected chi connectivity index (χ3v) is 8.86. The molecule has 6 rings (SSSR count). The van der Waals surface area contributed by atoms with Crippen molar-refractivity contribution in [1.29, 1.82) is 0 Å². The first kappa shape index (κ1) is 26.6. The summed E-state index contributed by atoms with van der Waals surface area (Å²) < 4.78 is 21.0. The molecule has 40 heavy (non-hydrogen) atoms. The van der Waals surface area contributed by atoms with Gasteiger partial charge in [-0.15, -0.1) is 0 Å². The molecule has 2 aliphatic rings. The maximum atomic E-state index is 14.7. The van der Waals surface area contributed by atoms with Crippen molar-refractivity contribution < 1.29 is 13.9 Å². The number of nitrogens with zero attached hydrogens (tertiary/aromatic N) is 2. The third-order valence-electron chi connectivity index (χ3n) is 8.86. The largest absolute Gasteiger partial charge is 0.492 e. The lowest BCUT2D eigenvalue weighted by molar-refractivity contribution is 0.0359. The first-order chi connectivity index (χ1) is 19.6. The van der Waals surface area contributed by atoms with Crippen LogP contribution in [0.4, 0.5) is 4.39 Å². The van der Waals surface area contributed by atoms with Crippen molar-refractivity contribution in [3.05, 3.63) is 102 Å². The van der Waals surface area contributed by atoms with Gasteiger partial charge in [0.1, 0.15) is 18.2 Å². The van der Waals surface area contributed by atoms with Crippen molar-refractivity contribution in [2.75, 3.05) is 32.8 Å². The van der Waals surface area contributed by atoms with Gasteiger partial charge < -0.3 is 14.6 Å². The predicted octanol–water partition coefficient (Wildman–Crippen LogP) is 6.84. The molecule has 1 aromatic heterocycles. The number of H-pyrrole nitrogens is 1. The van der Waals surface area contributed by atoms with E-state index in [-0.39, 0.29) is 17.1 Å². The smallest absolute Gasteiger partial charge is 0.253 e. The van der Waals surface area contributed by atoms with E-state index in [9.17, 15) is 9.18 Å². The highest BCUT2D eigenvalue weighted by Crippen LogP contribution is 2.39. The molecule has 0 unspecified atom stereocenters. The maximum absolute atomic E-state index is 14.7. The van der Waals surface area contributed by atoms with Crippen LogP contribution in [0.2, 0.25) is 0 Å². The summed E-state index contributed by atoms with van der Waals surface area (Å²) in [5, 5.41) is 1.06. The number of nitrogens with one attached hydrogen (secondary N) is 1. The summed E-state index contributed by atoms with van der Waals surface area (Å²) in [7, 11) is 0. The Hall–Kier alpha value is -3.64. The number of amides is 1. The molecule has 0 saturated carbocycles. The molecule has 1 amide bonds. The number of aryl methyl sites for hydroxylation is 1.